The number of benzene rings is 2. The average molecular weight is 250 g/mol. The molecule has 0 atom stereocenters. The van der Waals surface area contributed by atoms with Crippen LogP contribution in [0.2, 0.25) is 10.0 Å². The first kappa shape index (κ1) is 10.2. The minimum Gasteiger partial charge on any atom is -0.320 e. The molecule has 0 spiro atoms. The maximum atomic E-state index is 6.17. The van der Waals surface area contributed by atoms with Crippen molar-refractivity contribution >= 4 is 23.2 Å². The number of nitrogens with two attached hydrogens (primary N) is 1. The molecule has 2 N–H and O–H groups in total. The quantitative estimate of drug-likeness (QED) is 0.750. The summed E-state index contributed by atoms with van der Waals surface area (Å²) in [7, 11) is 0. The second kappa shape index (κ2) is 3.49. The smallest absolute Gasteiger partial charge is 0.0563 e. The van der Waals surface area contributed by atoms with Crippen LogP contribution in [0.5, 0.6) is 0 Å². The molecule has 0 aliphatic heterocycles. The van der Waals surface area contributed by atoms with Crippen LogP contribution in [0.1, 0.15) is 17.2 Å². The summed E-state index contributed by atoms with van der Waals surface area (Å²) in [5.41, 5.74) is 10.6. The highest BCUT2D eigenvalue weighted by atomic mass is 35.5. The van der Waals surface area contributed by atoms with Crippen LogP contribution in [0.4, 0.5) is 0 Å². The Balaban J connectivity index is 2.33. The molecule has 3 heteroatoms. The van der Waals surface area contributed by atoms with E-state index in [4.69, 9.17) is 28.9 Å². The minimum absolute atomic E-state index is 0.0699. The molecule has 0 saturated carbocycles. The Morgan fingerprint density at radius 2 is 1.25 bits per heavy atom. The molecule has 0 bridgehead atoms. The van der Waals surface area contributed by atoms with E-state index in [1.54, 1.807) is 0 Å². The van der Waals surface area contributed by atoms with Crippen molar-refractivity contribution in [3.05, 3.63) is 57.6 Å². The van der Waals surface area contributed by atoms with Crippen LogP contribution in [-0.2, 0) is 0 Å². The predicted molar refractivity (Wildman–Crippen MR) is 67.9 cm³/mol. The highest BCUT2D eigenvalue weighted by Gasteiger charge is 2.25. The van der Waals surface area contributed by atoms with Gasteiger partial charge < -0.3 is 5.73 Å². The van der Waals surface area contributed by atoms with Crippen LogP contribution < -0.4 is 5.73 Å². The van der Waals surface area contributed by atoms with Gasteiger partial charge in [0.1, 0.15) is 0 Å². The van der Waals surface area contributed by atoms with Gasteiger partial charge in [-0.2, -0.15) is 0 Å². The highest BCUT2D eigenvalue weighted by Crippen LogP contribution is 2.43. The van der Waals surface area contributed by atoms with Crippen molar-refractivity contribution < 1.29 is 0 Å². The molecule has 0 amide bonds. The van der Waals surface area contributed by atoms with E-state index in [-0.39, 0.29) is 6.04 Å². The zero-order valence-corrected chi connectivity index (χ0v) is 9.89. The van der Waals surface area contributed by atoms with Crippen LogP contribution in [0.25, 0.3) is 11.1 Å². The molecular weight excluding hydrogens is 241 g/mol. The van der Waals surface area contributed by atoms with Crippen LogP contribution in [0, 0.1) is 0 Å². The first-order chi connectivity index (χ1) is 7.66. The fourth-order valence-electron chi connectivity index (χ4n) is 2.23. The zero-order chi connectivity index (χ0) is 11.3. The van der Waals surface area contributed by atoms with Crippen LogP contribution >= 0.6 is 23.2 Å². The summed E-state index contributed by atoms with van der Waals surface area (Å²) in [6.07, 6.45) is 0. The molecule has 2 aromatic carbocycles. The fourth-order valence-corrected chi connectivity index (χ4v) is 2.58. The standard InChI is InChI=1S/C13H9Cl2N/c14-7-1-3-9-11(5-7)12-6-8(15)2-4-10(12)13(9)16/h1-6,13H,16H2. The molecule has 0 unspecified atom stereocenters. The summed E-state index contributed by atoms with van der Waals surface area (Å²) in [6, 6.07) is 11.5. The van der Waals surface area contributed by atoms with E-state index < -0.39 is 0 Å². The number of hydrogen-bond acceptors (Lipinski definition) is 1. The third kappa shape index (κ3) is 1.36. The molecule has 3 rings (SSSR count). The second-order valence-electron chi connectivity index (χ2n) is 3.94. The molecule has 0 aromatic heterocycles. The molecule has 1 aliphatic rings. The lowest BCUT2D eigenvalue weighted by Crippen LogP contribution is -2.07. The van der Waals surface area contributed by atoms with Gasteiger partial charge in [0.2, 0.25) is 0 Å². The summed E-state index contributed by atoms with van der Waals surface area (Å²) in [6.45, 7) is 0. The normalized spacial score (nSPS) is 13.7. The van der Waals surface area contributed by atoms with Crippen molar-refractivity contribution in [3.63, 3.8) is 0 Å². The Morgan fingerprint density at radius 1 is 0.812 bits per heavy atom. The summed E-state index contributed by atoms with van der Waals surface area (Å²) in [5.74, 6) is 0. The Labute approximate surface area is 104 Å². The molecule has 2 aromatic rings. The van der Waals surface area contributed by atoms with E-state index >= 15 is 0 Å². The number of rotatable bonds is 0. The van der Waals surface area contributed by atoms with Crippen LogP contribution in [-0.4, -0.2) is 0 Å². The molecule has 0 fully saturated rings. The lowest BCUT2D eigenvalue weighted by Gasteiger charge is -2.05. The van der Waals surface area contributed by atoms with Gasteiger partial charge in [-0.05, 0) is 46.5 Å². The largest absolute Gasteiger partial charge is 0.320 e. The van der Waals surface area contributed by atoms with Gasteiger partial charge in [0.25, 0.3) is 0 Å². The summed E-state index contributed by atoms with van der Waals surface area (Å²) < 4.78 is 0. The van der Waals surface area contributed by atoms with Gasteiger partial charge in [0.15, 0.2) is 0 Å². The maximum absolute atomic E-state index is 6.17. The Bertz CT molecular complexity index is 527. The van der Waals surface area contributed by atoms with Crippen molar-refractivity contribution in [2.45, 2.75) is 6.04 Å². The molecule has 80 valence electrons. The van der Waals surface area contributed by atoms with Gasteiger partial charge in [-0.1, -0.05) is 35.3 Å². The van der Waals surface area contributed by atoms with Gasteiger partial charge in [0, 0.05) is 10.0 Å². The summed E-state index contributed by atoms with van der Waals surface area (Å²) in [4.78, 5) is 0. The van der Waals surface area contributed by atoms with E-state index in [2.05, 4.69) is 0 Å². The van der Waals surface area contributed by atoms with E-state index in [0.717, 1.165) is 32.3 Å². The van der Waals surface area contributed by atoms with Gasteiger partial charge in [-0.15, -0.1) is 0 Å². The molecule has 0 heterocycles. The van der Waals surface area contributed by atoms with E-state index in [1.165, 1.54) is 0 Å². The molecule has 1 aliphatic carbocycles. The average Bonchev–Trinajstić information content (AvgIpc) is 2.52. The second-order valence-corrected chi connectivity index (χ2v) is 4.81. The lowest BCUT2D eigenvalue weighted by molar-refractivity contribution is 0.901. The van der Waals surface area contributed by atoms with Crippen LogP contribution in [0.15, 0.2) is 36.4 Å². The molecule has 16 heavy (non-hydrogen) atoms. The van der Waals surface area contributed by atoms with E-state index in [0.29, 0.717) is 0 Å². The van der Waals surface area contributed by atoms with Crippen molar-refractivity contribution in [2.75, 3.05) is 0 Å². The van der Waals surface area contributed by atoms with Gasteiger partial charge in [0.05, 0.1) is 6.04 Å². The zero-order valence-electron chi connectivity index (χ0n) is 8.37. The topological polar surface area (TPSA) is 26.0 Å². The van der Waals surface area contributed by atoms with Crippen molar-refractivity contribution in [2.24, 2.45) is 5.73 Å². The molecule has 0 saturated heterocycles. The Morgan fingerprint density at radius 3 is 1.69 bits per heavy atom. The molecule has 0 radical (unpaired) electrons. The molecular formula is C13H9Cl2N. The van der Waals surface area contributed by atoms with Crippen molar-refractivity contribution in [3.8, 4) is 11.1 Å². The van der Waals surface area contributed by atoms with Crippen LogP contribution in [0.3, 0.4) is 0 Å². The van der Waals surface area contributed by atoms with Gasteiger partial charge in [-0.25, -0.2) is 0 Å². The first-order valence-corrected chi connectivity index (χ1v) is 5.77. The Hall–Kier alpha value is -1.02. The summed E-state index contributed by atoms with van der Waals surface area (Å²) in [5, 5.41) is 1.44. The summed E-state index contributed by atoms with van der Waals surface area (Å²) >= 11 is 12.0. The monoisotopic (exact) mass is 249 g/mol. The van der Waals surface area contributed by atoms with Gasteiger partial charge >= 0.3 is 0 Å². The maximum Gasteiger partial charge on any atom is 0.0563 e. The number of halogens is 2. The number of hydrogen-bond donors (Lipinski definition) is 1. The predicted octanol–water partition coefficient (Wildman–Crippen LogP) is 4.02. The first-order valence-electron chi connectivity index (χ1n) is 5.01. The third-order valence-electron chi connectivity index (χ3n) is 2.99. The fraction of sp³-hybridized carbons (Fsp3) is 0.0769. The molecule has 1 nitrogen and oxygen atoms in total. The SMILES string of the molecule is NC1c2ccc(Cl)cc2-c2cc(Cl)ccc21. The van der Waals surface area contributed by atoms with Gasteiger partial charge in [-0.3, -0.25) is 0 Å². The van der Waals surface area contributed by atoms with Crippen molar-refractivity contribution in [1.29, 1.82) is 0 Å². The lowest BCUT2D eigenvalue weighted by atomic mass is 10.1. The highest BCUT2D eigenvalue weighted by molar-refractivity contribution is 6.31. The van der Waals surface area contributed by atoms with E-state index in [1.807, 2.05) is 36.4 Å². The third-order valence-corrected chi connectivity index (χ3v) is 3.46. The minimum atomic E-state index is -0.0699. The van der Waals surface area contributed by atoms with E-state index in [9.17, 15) is 0 Å². The van der Waals surface area contributed by atoms with Crippen molar-refractivity contribution in [1.82, 2.24) is 0 Å². The number of fused-ring (bicyclic) bond motifs is 3. The Kier molecular flexibility index (Phi) is 2.21.